The quantitative estimate of drug-likeness (QED) is 0.157. The molecule has 2 aromatic carbocycles. The maximum absolute atomic E-state index is 12.3. The molecule has 2 fully saturated rings. The molecule has 10 heteroatoms. The van der Waals surface area contributed by atoms with E-state index in [0.29, 0.717) is 31.5 Å². The van der Waals surface area contributed by atoms with Gasteiger partial charge in [0.25, 0.3) is 0 Å². The zero-order chi connectivity index (χ0) is 27.6. The van der Waals surface area contributed by atoms with E-state index < -0.39 is 12.2 Å². The average Bonchev–Trinajstić information content (AvgIpc) is 3.42. The molecule has 2 saturated heterocycles. The number of aliphatic hydroxyl groups excluding tert-OH is 2. The maximum Gasteiger partial charge on any atom is 0.243 e. The van der Waals surface area contributed by atoms with E-state index in [9.17, 15) is 19.8 Å². The first-order chi connectivity index (χ1) is 19.0. The Morgan fingerprint density at radius 1 is 0.923 bits per heavy atom. The average molecular weight is 542 g/mol. The Balaban J connectivity index is 1.40. The van der Waals surface area contributed by atoms with Crippen LogP contribution in [0.1, 0.15) is 74.0 Å². The van der Waals surface area contributed by atoms with Crippen molar-refractivity contribution in [2.45, 2.75) is 76.1 Å². The number of nitrogens with zero attached hydrogens (tertiary/aromatic N) is 1. The number of carbonyl (C=O) groups is 2. The van der Waals surface area contributed by atoms with Crippen LogP contribution in [-0.4, -0.2) is 64.0 Å². The number of unbranched alkanes of at least 4 members (excludes halogenated alkanes) is 1. The van der Waals surface area contributed by atoms with E-state index in [2.05, 4.69) is 10.2 Å². The summed E-state index contributed by atoms with van der Waals surface area (Å²) in [6.07, 6.45) is 3.35. The number of hydroxylamine groups is 1. The molecule has 0 radical (unpaired) electrons. The van der Waals surface area contributed by atoms with Gasteiger partial charge in [0.15, 0.2) is 6.29 Å². The minimum atomic E-state index is -0.594. The summed E-state index contributed by atoms with van der Waals surface area (Å²) in [5, 5.41) is 30.6. The Bertz CT molecular complexity index is 1060. The van der Waals surface area contributed by atoms with Gasteiger partial charge >= 0.3 is 0 Å². The number of likely N-dealkylation sites (tertiary alicyclic amines) is 1. The predicted octanol–water partition coefficient (Wildman–Crippen LogP) is 3.19. The summed E-state index contributed by atoms with van der Waals surface area (Å²) in [5.41, 5.74) is 4.94. The van der Waals surface area contributed by atoms with Gasteiger partial charge in [-0.15, -0.1) is 0 Å². The summed E-state index contributed by atoms with van der Waals surface area (Å²) < 4.78 is 12.8. The Morgan fingerprint density at radius 3 is 2.28 bits per heavy atom. The van der Waals surface area contributed by atoms with E-state index in [-0.39, 0.29) is 50.2 Å². The first-order valence-corrected chi connectivity index (χ1v) is 13.7. The molecule has 2 aromatic rings. The second-order valence-electron chi connectivity index (χ2n) is 10.2. The van der Waals surface area contributed by atoms with Gasteiger partial charge in [0.05, 0.1) is 25.4 Å². The Labute approximate surface area is 228 Å². The number of benzene rings is 2. The van der Waals surface area contributed by atoms with E-state index >= 15 is 0 Å². The van der Waals surface area contributed by atoms with Crippen LogP contribution in [0.5, 0.6) is 0 Å². The molecular formula is C29H39N3O7. The zero-order valence-electron chi connectivity index (χ0n) is 22.1. The molecule has 2 aliphatic heterocycles. The third-order valence-electron chi connectivity index (χ3n) is 7.41. The molecule has 4 unspecified atom stereocenters. The van der Waals surface area contributed by atoms with Crippen molar-refractivity contribution < 1.29 is 34.5 Å². The number of carbonyl (C=O) groups excluding carboxylic acids is 2. The van der Waals surface area contributed by atoms with Gasteiger partial charge in [-0.3, -0.25) is 19.7 Å². The molecule has 0 aliphatic carbocycles. The molecular weight excluding hydrogens is 502 g/mol. The molecule has 0 aromatic heterocycles. The summed E-state index contributed by atoms with van der Waals surface area (Å²) in [4.78, 5) is 25.6. The molecule has 39 heavy (non-hydrogen) atoms. The van der Waals surface area contributed by atoms with Crippen molar-refractivity contribution in [1.82, 2.24) is 10.4 Å². The summed E-state index contributed by atoms with van der Waals surface area (Å²) >= 11 is 0. The van der Waals surface area contributed by atoms with Crippen LogP contribution in [-0.2, 0) is 25.7 Å². The van der Waals surface area contributed by atoms with E-state index in [1.807, 2.05) is 48.5 Å². The summed E-state index contributed by atoms with van der Waals surface area (Å²) in [5.74, 6) is -0.605. The molecule has 2 heterocycles. The van der Waals surface area contributed by atoms with Crippen LogP contribution in [0.3, 0.4) is 0 Å². The molecule has 5 N–H and O–H groups in total. The van der Waals surface area contributed by atoms with Crippen LogP contribution in [0.2, 0.25) is 0 Å². The molecule has 0 spiro atoms. The smallest absolute Gasteiger partial charge is 0.243 e. The lowest BCUT2D eigenvalue weighted by atomic mass is 9.99. The van der Waals surface area contributed by atoms with Gasteiger partial charge in [-0.05, 0) is 55.5 Å². The minimum Gasteiger partial charge on any atom is -0.395 e. The van der Waals surface area contributed by atoms with Crippen molar-refractivity contribution in [2.75, 3.05) is 25.0 Å². The van der Waals surface area contributed by atoms with Crippen molar-refractivity contribution in [3.8, 4) is 0 Å². The summed E-state index contributed by atoms with van der Waals surface area (Å²) in [7, 11) is 0. The number of hydrogen-bond donors (Lipinski definition) is 5. The van der Waals surface area contributed by atoms with Gasteiger partial charge in [-0.25, -0.2) is 5.48 Å². The maximum atomic E-state index is 12.3. The molecule has 2 aliphatic rings. The molecule has 10 nitrogen and oxygen atoms in total. The summed E-state index contributed by atoms with van der Waals surface area (Å²) in [6.45, 7) is 1.78. The first kappa shape index (κ1) is 29.1. The van der Waals surface area contributed by atoms with Gasteiger partial charge in [0.1, 0.15) is 0 Å². The topological polar surface area (TPSA) is 141 Å². The molecule has 212 valence electrons. The monoisotopic (exact) mass is 541 g/mol. The van der Waals surface area contributed by atoms with Crippen LogP contribution in [0.4, 0.5) is 5.69 Å². The number of anilines is 1. The number of hydrogen-bond acceptors (Lipinski definition) is 8. The first-order valence-electron chi connectivity index (χ1n) is 13.7. The third kappa shape index (κ3) is 8.31. The number of ether oxygens (including phenoxy) is 2. The van der Waals surface area contributed by atoms with Crippen LogP contribution >= 0.6 is 0 Å². The van der Waals surface area contributed by atoms with Crippen LogP contribution in [0.15, 0.2) is 48.5 Å². The lowest BCUT2D eigenvalue weighted by Crippen LogP contribution is -2.42. The second-order valence-corrected chi connectivity index (χ2v) is 10.2. The molecule has 0 saturated carbocycles. The van der Waals surface area contributed by atoms with Gasteiger partial charge in [0, 0.05) is 43.1 Å². The molecule has 0 bridgehead atoms. The van der Waals surface area contributed by atoms with E-state index in [0.717, 1.165) is 36.1 Å². The van der Waals surface area contributed by atoms with Crippen LogP contribution < -0.4 is 10.8 Å². The number of amides is 2. The van der Waals surface area contributed by atoms with Crippen molar-refractivity contribution in [1.29, 1.82) is 0 Å². The number of aliphatic hydroxyl groups is 2. The summed E-state index contributed by atoms with van der Waals surface area (Å²) in [6, 6.07) is 15.3. The highest BCUT2D eigenvalue weighted by Gasteiger charge is 2.35. The SMILES string of the molecule is O=C(CCCCC(=O)Nc1ccc(C2OC(CN3CCCC3CO)CC(c3ccc(CO)cc3)O2)cc1)NO. The van der Waals surface area contributed by atoms with Crippen LogP contribution in [0.25, 0.3) is 0 Å². The normalized spacial score (nSPS) is 23.5. The van der Waals surface area contributed by atoms with Crippen molar-refractivity contribution in [3.63, 3.8) is 0 Å². The lowest BCUT2D eigenvalue weighted by Gasteiger charge is -2.38. The minimum absolute atomic E-state index is 0.0125. The highest BCUT2D eigenvalue weighted by atomic mass is 16.7. The highest BCUT2D eigenvalue weighted by molar-refractivity contribution is 5.90. The van der Waals surface area contributed by atoms with E-state index in [1.54, 1.807) is 5.48 Å². The third-order valence-corrected chi connectivity index (χ3v) is 7.41. The molecule has 2 amide bonds. The van der Waals surface area contributed by atoms with E-state index in [1.165, 1.54) is 0 Å². The number of nitrogens with one attached hydrogen (secondary N) is 2. The highest BCUT2D eigenvalue weighted by Crippen LogP contribution is 2.39. The fourth-order valence-electron chi connectivity index (χ4n) is 5.21. The van der Waals surface area contributed by atoms with Crippen molar-refractivity contribution in [3.05, 3.63) is 65.2 Å². The second kappa shape index (κ2) is 14.5. The Morgan fingerprint density at radius 2 is 1.62 bits per heavy atom. The van der Waals surface area contributed by atoms with E-state index in [4.69, 9.17) is 14.7 Å². The lowest BCUT2D eigenvalue weighted by molar-refractivity contribution is -0.253. The fraction of sp³-hybridized carbons (Fsp3) is 0.517. The van der Waals surface area contributed by atoms with Gasteiger partial charge in [-0.2, -0.15) is 0 Å². The molecule has 4 rings (SSSR count). The van der Waals surface area contributed by atoms with Crippen molar-refractivity contribution in [2.24, 2.45) is 0 Å². The standard InChI is InChI=1S/C29H39N3O7/c33-18-20-7-9-21(10-8-20)26-16-25(17-32-15-3-4-24(32)19-34)38-29(39-26)22-11-13-23(14-12-22)30-27(35)5-1-2-6-28(36)31-37/h7-14,24-26,29,33-34,37H,1-6,15-19H2,(H,30,35)(H,31,36). The van der Waals surface area contributed by atoms with Gasteiger partial charge in [-0.1, -0.05) is 36.4 Å². The fourth-order valence-corrected chi connectivity index (χ4v) is 5.21. The van der Waals surface area contributed by atoms with Gasteiger partial charge < -0.3 is 25.0 Å². The van der Waals surface area contributed by atoms with Crippen molar-refractivity contribution >= 4 is 17.5 Å². The number of rotatable bonds is 12. The Hall–Kier alpha value is -2.86. The van der Waals surface area contributed by atoms with Gasteiger partial charge in [0.2, 0.25) is 11.8 Å². The van der Waals surface area contributed by atoms with Crippen LogP contribution in [0, 0.1) is 0 Å². The predicted molar refractivity (Wildman–Crippen MR) is 144 cm³/mol. The molecule has 4 atom stereocenters. The largest absolute Gasteiger partial charge is 0.395 e. The Kier molecular flexibility index (Phi) is 10.8. The zero-order valence-corrected chi connectivity index (χ0v) is 22.1.